The van der Waals surface area contributed by atoms with Crippen LogP contribution >= 0.6 is 0 Å². The van der Waals surface area contributed by atoms with Crippen LogP contribution in [0.2, 0.25) is 0 Å². The number of non-ortho nitro benzene ring substituents is 1. The van der Waals surface area contributed by atoms with Gasteiger partial charge in [-0.25, -0.2) is 0 Å². The summed E-state index contributed by atoms with van der Waals surface area (Å²) in [6.45, 7) is 4.00. The summed E-state index contributed by atoms with van der Waals surface area (Å²) in [5.41, 5.74) is 0.390. The Morgan fingerprint density at radius 1 is 1.27 bits per heavy atom. The molecule has 0 saturated carbocycles. The predicted molar refractivity (Wildman–Crippen MR) is 57.8 cm³/mol. The van der Waals surface area contributed by atoms with Crippen molar-refractivity contribution < 1.29 is 9.72 Å². The first-order valence-corrected chi connectivity index (χ1v) is 4.61. The lowest BCUT2D eigenvalue weighted by atomic mass is 10.2. The molecule has 0 atom stereocenters. The minimum atomic E-state index is -0.506. The molecule has 1 rings (SSSR count). The second-order valence-corrected chi connectivity index (χ2v) is 2.38. The highest BCUT2D eigenvalue weighted by Gasteiger charge is 2.06. The molecule has 1 N–H and O–H groups in total. The Kier molecular flexibility index (Phi) is 5.70. The number of nitro groups is 1. The van der Waals surface area contributed by atoms with Gasteiger partial charge in [0.1, 0.15) is 0 Å². The number of nitrogens with one attached hydrogen (secondary N) is 1. The van der Waals surface area contributed by atoms with E-state index in [2.05, 4.69) is 5.32 Å². The van der Waals surface area contributed by atoms with E-state index in [1.54, 1.807) is 0 Å². The van der Waals surface area contributed by atoms with Crippen LogP contribution in [0.1, 0.15) is 24.2 Å². The Hall–Kier alpha value is -1.91. The molecule has 0 saturated heterocycles. The molecule has 0 unspecified atom stereocenters. The first kappa shape index (κ1) is 13.1. The van der Waals surface area contributed by atoms with Crippen LogP contribution in [0.4, 0.5) is 5.69 Å². The highest BCUT2D eigenvalue weighted by atomic mass is 16.6. The second kappa shape index (κ2) is 6.53. The van der Waals surface area contributed by atoms with E-state index in [0.29, 0.717) is 5.56 Å². The van der Waals surface area contributed by atoms with Crippen LogP contribution in [0, 0.1) is 10.1 Å². The Morgan fingerprint density at radius 3 is 2.07 bits per heavy atom. The summed E-state index contributed by atoms with van der Waals surface area (Å²) in [5, 5.41) is 12.7. The van der Waals surface area contributed by atoms with Gasteiger partial charge in [-0.15, -0.1) is 0 Å². The standard InChI is InChI=1S/C8H8N2O3.C2H6/c1-9-8(11)6-2-4-7(5-3-6)10(12)13;1-2/h2-5H,1H3,(H,9,11);1-2H3. The van der Waals surface area contributed by atoms with Crippen LogP contribution in [0.25, 0.3) is 0 Å². The predicted octanol–water partition coefficient (Wildman–Crippen LogP) is 1.98. The van der Waals surface area contributed by atoms with Gasteiger partial charge in [0.25, 0.3) is 11.6 Å². The first-order chi connectivity index (χ1) is 7.15. The molecule has 0 aliphatic heterocycles. The van der Waals surface area contributed by atoms with Crippen molar-refractivity contribution in [3.8, 4) is 0 Å². The Morgan fingerprint density at radius 2 is 1.73 bits per heavy atom. The second-order valence-electron chi connectivity index (χ2n) is 2.38. The van der Waals surface area contributed by atoms with E-state index in [1.165, 1.54) is 31.3 Å². The topological polar surface area (TPSA) is 72.2 Å². The number of carbonyl (C=O) groups is 1. The van der Waals surface area contributed by atoms with Gasteiger partial charge >= 0.3 is 0 Å². The lowest BCUT2D eigenvalue weighted by Crippen LogP contribution is -2.17. The fourth-order valence-corrected chi connectivity index (χ4v) is 0.879. The van der Waals surface area contributed by atoms with E-state index in [-0.39, 0.29) is 11.6 Å². The van der Waals surface area contributed by atoms with Crippen molar-refractivity contribution in [1.29, 1.82) is 0 Å². The summed E-state index contributed by atoms with van der Waals surface area (Å²) in [5.74, 6) is -0.255. The molecule has 0 heterocycles. The zero-order valence-corrected chi connectivity index (χ0v) is 8.98. The number of rotatable bonds is 2. The molecule has 1 aromatic rings. The van der Waals surface area contributed by atoms with Gasteiger partial charge in [-0.1, -0.05) is 13.8 Å². The number of hydrogen-bond donors (Lipinski definition) is 1. The van der Waals surface area contributed by atoms with E-state index in [4.69, 9.17) is 0 Å². The summed E-state index contributed by atoms with van der Waals surface area (Å²) in [6.07, 6.45) is 0. The summed E-state index contributed by atoms with van der Waals surface area (Å²) >= 11 is 0. The van der Waals surface area contributed by atoms with E-state index in [9.17, 15) is 14.9 Å². The van der Waals surface area contributed by atoms with Crippen molar-refractivity contribution in [2.24, 2.45) is 0 Å². The van der Waals surface area contributed by atoms with Gasteiger partial charge < -0.3 is 5.32 Å². The number of nitrogens with zero attached hydrogens (tertiary/aromatic N) is 1. The van der Waals surface area contributed by atoms with Crippen LogP contribution in [-0.2, 0) is 0 Å². The van der Waals surface area contributed by atoms with E-state index < -0.39 is 4.92 Å². The summed E-state index contributed by atoms with van der Waals surface area (Å²) < 4.78 is 0. The van der Waals surface area contributed by atoms with Crippen molar-refractivity contribution in [2.75, 3.05) is 7.05 Å². The number of carbonyl (C=O) groups excluding carboxylic acids is 1. The third-order valence-electron chi connectivity index (χ3n) is 1.57. The van der Waals surface area contributed by atoms with Crippen molar-refractivity contribution in [3.05, 3.63) is 39.9 Å². The summed E-state index contributed by atoms with van der Waals surface area (Å²) in [6, 6.07) is 5.42. The van der Waals surface area contributed by atoms with Crippen molar-refractivity contribution >= 4 is 11.6 Å². The quantitative estimate of drug-likeness (QED) is 0.599. The third-order valence-corrected chi connectivity index (χ3v) is 1.57. The minimum Gasteiger partial charge on any atom is -0.355 e. The highest BCUT2D eigenvalue weighted by Crippen LogP contribution is 2.11. The van der Waals surface area contributed by atoms with Gasteiger partial charge in [0.05, 0.1) is 4.92 Å². The molecule has 5 heteroatoms. The third kappa shape index (κ3) is 3.76. The minimum absolute atomic E-state index is 0.0207. The lowest BCUT2D eigenvalue weighted by Gasteiger charge is -1.97. The van der Waals surface area contributed by atoms with Gasteiger partial charge in [0.2, 0.25) is 0 Å². The van der Waals surface area contributed by atoms with Crippen molar-refractivity contribution in [3.63, 3.8) is 0 Å². The smallest absolute Gasteiger partial charge is 0.269 e. The molecule has 0 radical (unpaired) electrons. The largest absolute Gasteiger partial charge is 0.355 e. The fourth-order valence-electron chi connectivity index (χ4n) is 0.879. The highest BCUT2D eigenvalue weighted by molar-refractivity contribution is 5.94. The van der Waals surface area contributed by atoms with Crippen molar-refractivity contribution in [1.82, 2.24) is 5.32 Å². The molecule has 82 valence electrons. The van der Waals surface area contributed by atoms with Crippen LogP contribution in [0.5, 0.6) is 0 Å². The van der Waals surface area contributed by atoms with Crippen LogP contribution in [0.15, 0.2) is 24.3 Å². The summed E-state index contributed by atoms with van der Waals surface area (Å²) in [7, 11) is 1.50. The normalized spacial score (nSPS) is 8.47. The van der Waals surface area contributed by atoms with E-state index in [1.807, 2.05) is 13.8 Å². The molecule has 0 aliphatic rings. The Labute approximate surface area is 88.3 Å². The van der Waals surface area contributed by atoms with Crippen LogP contribution in [-0.4, -0.2) is 17.9 Å². The molecule has 1 amide bonds. The zero-order chi connectivity index (χ0) is 11.8. The van der Waals surface area contributed by atoms with E-state index >= 15 is 0 Å². The molecular formula is C10H14N2O3. The molecule has 0 bridgehead atoms. The Bertz CT molecular complexity index is 333. The zero-order valence-electron chi connectivity index (χ0n) is 8.98. The fraction of sp³-hybridized carbons (Fsp3) is 0.300. The van der Waals surface area contributed by atoms with Gasteiger partial charge in [0.15, 0.2) is 0 Å². The monoisotopic (exact) mass is 210 g/mol. The number of hydrogen-bond acceptors (Lipinski definition) is 3. The maximum absolute atomic E-state index is 11.0. The molecule has 0 fully saturated rings. The molecular weight excluding hydrogens is 196 g/mol. The first-order valence-electron chi connectivity index (χ1n) is 4.61. The number of nitro benzene ring substituents is 1. The Balaban J connectivity index is 0.000000921. The number of benzene rings is 1. The van der Waals surface area contributed by atoms with Gasteiger partial charge in [0, 0.05) is 24.7 Å². The number of amides is 1. The summed E-state index contributed by atoms with van der Waals surface area (Å²) in [4.78, 5) is 20.8. The van der Waals surface area contributed by atoms with Crippen LogP contribution < -0.4 is 5.32 Å². The average molecular weight is 210 g/mol. The molecule has 1 aromatic carbocycles. The lowest BCUT2D eigenvalue weighted by molar-refractivity contribution is -0.384. The molecule has 0 aliphatic carbocycles. The van der Waals surface area contributed by atoms with E-state index in [0.717, 1.165) is 0 Å². The van der Waals surface area contributed by atoms with Crippen molar-refractivity contribution in [2.45, 2.75) is 13.8 Å². The molecule has 15 heavy (non-hydrogen) atoms. The van der Waals surface area contributed by atoms with Gasteiger partial charge in [-0.2, -0.15) is 0 Å². The molecule has 0 aromatic heterocycles. The molecule has 5 nitrogen and oxygen atoms in total. The SMILES string of the molecule is CC.CNC(=O)c1ccc([N+](=O)[O-])cc1. The van der Waals surface area contributed by atoms with Crippen LogP contribution in [0.3, 0.4) is 0 Å². The maximum Gasteiger partial charge on any atom is 0.269 e. The van der Waals surface area contributed by atoms with Gasteiger partial charge in [-0.05, 0) is 12.1 Å². The van der Waals surface area contributed by atoms with Gasteiger partial charge in [-0.3, -0.25) is 14.9 Å². The maximum atomic E-state index is 11.0. The average Bonchev–Trinajstić information content (AvgIpc) is 2.31. The molecule has 0 spiro atoms.